The number of benzene rings is 1. The molecule has 0 aliphatic carbocycles. The third kappa shape index (κ3) is 4.52. The second-order valence-corrected chi connectivity index (χ2v) is 7.24. The zero-order valence-corrected chi connectivity index (χ0v) is 17.0. The van der Waals surface area contributed by atoms with Gasteiger partial charge in [-0.25, -0.2) is 0 Å². The lowest BCUT2D eigenvalue weighted by molar-refractivity contribution is 0.0661. The van der Waals surface area contributed by atoms with Gasteiger partial charge in [0.15, 0.2) is 0 Å². The summed E-state index contributed by atoms with van der Waals surface area (Å²) in [4.78, 5) is 19.6. The number of amides is 1. The largest absolute Gasteiger partial charge is 0.395 e. The van der Waals surface area contributed by atoms with E-state index in [1.807, 2.05) is 36.0 Å². The lowest BCUT2D eigenvalue weighted by Crippen LogP contribution is -2.20. The van der Waals surface area contributed by atoms with E-state index < -0.39 is 0 Å². The van der Waals surface area contributed by atoms with Crippen molar-refractivity contribution < 1.29 is 14.4 Å². The first-order chi connectivity index (χ1) is 14.6. The number of anilines is 1. The van der Waals surface area contributed by atoms with Crippen LogP contribution in [0.5, 0.6) is 0 Å². The number of nitrogens with one attached hydrogen (secondary N) is 1. The number of nitrogens with zero attached hydrogens (tertiary/aromatic N) is 4. The standard InChI is InChI=1S/C21H26N6O3/c1-15-20(14-26(25-15)19-5-8-29-9-6-19)24-21(28)17-4-2-3-16(11-17)18-12-23-27(13-18)30-10-7-22/h2-4,11-14,19H,5-10,22H2,1H3,(H,24,28). The first kappa shape index (κ1) is 20.1. The summed E-state index contributed by atoms with van der Waals surface area (Å²) in [6.07, 6.45) is 7.22. The Labute approximate surface area is 174 Å². The summed E-state index contributed by atoms with van der Waals surface area (Å²) in [5, 5.41) is 11.7. The van der Waals surface area contributed by atoms with Crippen molar-refractivity contribution in [1.82, 2.24) is 19.7 Å². The van der Waals surface area contributed by atoms with E-state index in [-0.39, 0.29) is 5.91 Å². The third-order valence-corrected chi connectivity index (χ3v) is 5.09. The molecule has 4 rings (SSSR count). The van der Waals surface area contributed by atoms with Gasteiger partial charge in [-0.05, 0) is 37.5 Å². The number of carbonyl (C=O) groups excluding carboxylic acids is 1. The van der Waals surface area contributed by atoms with Crippen LogP contribution in [-0.4, -0.2) is 52.0 Å². The topological polar surface area (TPSA) is 109 Å². The van der Waals surface area contributed by atoms with E-state index in [1.54, 1.807) is 18.5 Å². The van der Waals surface area contributed by atoms with Crippen molar-refractivity contribution in [3.8, 4) is 11.1 Å². The fourth-order valence-electron chi connectivity index (χ4n) is 3.45. The molecule has 2 aromatic heterocycles. The maximum atomic E-state index is 12.9. The van der Waals surface area contributed by atoms with Crippen molar-refractivity contribution in [3.05, 3.63) is 54.1 Å². The quantitative estimate of drug-likeness (QED) is 0.617. The summed E-state index contributed by atoms with van der Waals surface area (Å²) in [5.41, 5.74) is 9.24. The van der Waals surface area contributed by atoms with Crippen molar-refractivity contribution in [1.29, 1.82) is 0 Å². The molecule has 1 saturated heterocycles. The zero-order chi connectivity index (χ0) is 20.9. The van der Waals surface area contributed by atoms with Crippen LogP contribution in [0.2, 0.25) is 0 Å². The molecule has 0 bridgehead atoms. The maximum absolute atomic E-state index is 12.9. The van der Waals surface area contributed by atoms with Gasteiger partial charge in [-0.2, -0.15) is 5.10 Å². The molecule has 0 spiro atoms. The minimum atomic E-state index is -0.182. The molecule has 0 atom stereocenters. The van der Waals surface area contributed by atoms with Crippen LogP contribution in [-0.2, 0) is 4.74 Å². The van der Waals surface area contributed by atoms with Gasteiger partial charge in [0.25, 0.3) is 5.91 Å². The Hall–Kier alpha value is -3.17. The van der Waals surface area contributed by atoms with Gasteiger partial charge in [0.2, 0.25) is 0 Å². The fraction of sp³-hybridized carbons (Fsp3) is 0.381. The van der Waals surface area contributed by atoms with Gasteiger partial charge in [-0.1, -0.05) is 12.1 Å². The van der Waals surface area contributed by atoms with Crippen molar-refractivity contribution in [3.63, 3.8) is 0 Å². The Morgan fingerprint density at radius 3 is 2.93 bits per heavy atom. The molecule has 9 heteroatoms. The summed E-state index contributed by atoms with van der Waals surface area (Å²) in [6.45, 7) is 4.18. The second-order valence-electron chi connectivity index (χ2n) is 7.24. The number of carbonyl (C=O) groups is 1. The van der Waals surface area contributed by atoms with E-state index in [2.05, 4.69) is 15.5 Å². The van der Waals surface area contributed by atoms with Crippen LogP contribution in [0.4, 0.5) is 5.69 Å². The molecular weight excluding hydrogens is 384 g/mol. The summed E-state index contributed by atoms with van der Waals surface area (Å²) >= 11 is 0. The van der Waals surface area contributed by atoms with Crippen LogP contribution in [0.3, 0.4) is 0 Å². The Morgan fingerprint density at radius 2 is 2.13 bits per heavy atom. The first-order valence-electron chi connectivity index (χ1n) is 10.1. The highest BCUT2D eigenvalue weighted by Crippen LogP contribution is 2.25. The van der Waals surface area contributed by atoms with Crippen molar-refractivity contribution in [2.24, 2.45) is 5.73 Å². The normalized spacial score (nSPS) is 14.6. The molecule has 30 heavy (non-hydrogen) atoms. The van der Waals surface area contributed by atoms with E-state index in [9.17, 15) is 4.79 Å². The molecule has 3 aromatic rings. The van der Waals surface area contributed by atoms with Crippen molar-refractivity contribution in [2.45, 2.75) is 25.8 Å². The Bertz CT molecular complexity index is 1010. The first-order valence-corrected chi connectivity index (χ1v) is 10.1. The fourth-order valence-corrected chi connectivity index (χ4v) is 3.45. The Morgan fingerprint density at radius 1 is 1.30 bits per heavy atom. The Balaban J connectivity index is 1.47. The molecule has 0 unspecified atom stereocenters. The highest BCUT2D eigenvalue weighted by molar-refractivity contribution is 6.05. The number of rotatable bonds is 7. The molecule has 1 aliphatic heterocycles. The molecule has 1 aromatic carbocycles. The molecule has 3 heterocycles. The number of aryl methyl sites for hydroxylation is 1. The van der Waals surface area contributed by atoms with Gasteiger partial charge in [-0.3, -0.25) is 9.48 Å². The monoisotopic (exact) mass is 410 g/mol. The Kier molecular flexibility index (Phi) is 6.10. The SMILES string of the molecule is Cc1nn(C2CCOCC2)cc1NC(=O)c1cccc(-c2cnn(OCCN)c2)c1. The molecule has 1 fully saturated rings. The van der Waals surface area contributed by atoms with Crippen LogP contribution in [0.1, 0.15) is 34.9 Å². The zero-order valence-electron chi connectivity index (χ0n) is 17.0. The lowest BCUT2D eigenvalue weighted by Gasteiger charge is -2.22. The summed E-state index contributed by atoms with van der Waals surface area (Å²) in [6, 6.07) is 7.70. The summed E-state index contributed by atoms with van der Waals surface area (Å²) in [5.74, 6) is -0.182. The predicted octanol–water partition coefficient (Wildman–Crippen LogP) is 2.05. The summed E-state index contributed by atoms with van der Waals surface area (Å²) in [7, 11) is 0. The molecule has 0 radical (unpaired) electrons. The number of ether oxygens (including phenoxy) is 1. The molecular formula is C21H26N6O3. The van der Waals surface area contributed by atoms with Crippen molar-refractivity contribution in [2.75, 3.05) is 31.7 Å². The highest BCUT2D eigenvalue weighted by atomic mass is 16.7. The predicted molar refractivity (Wildman–Crippen MR) is 112 cm³/mol. The van der Waals surface area contributed by atoms with E-state index in [0.29, 0.717) is 24.8 Å². The average molecular weight is 410 g/mol. The number of aromatic nitrogens is 4. The molecule has 0 saturated carbocycles. The van der Waals surface area contributed by atoms with E-state index in [0.717, 1.165) is 48.6 Å². The average Bonchev–Trinajstić information content (AvgIpc) is 3.40. The summed E-state index contributed by atoms with van der Waals surface area (Å²) < 4.78 is 7.36. The van der Waals surface area contributed by atoms with E-state index in [1.165, 1.54) is 4.85 Å². The second kappa shape index (κ2) is 9.10. The van der Waals surface area contributed by atoms with Gasteiger partial charge >= 0.3 is 0 Å². The third-order valence-electron chi connectivity index (χ3n) is 5.09. The van der Waals surface area contributed by atoms with Crippen LogP contribution in [0, 0.1) is 6.92 Å². The van der Waals surface area contributed by atoms with Gasteiger partial charge < -0.3 is 20.6 Å². The van der Waals surface area contributed by atoms with Gasteiger partial charge in [0.1, 0.15) is 6.61 Å². The molecule has 158 valence electrons. The van der Waals surface area contributed by atoms with Crippen LogP contribution < -0.4 is 15.9 Å². The maximum Gasteiger partial charge on any atom is 0.255 e. The molecule has 3 N–H and O–H groups in total. The van der Waals surface area contributed by atoms with Gasteiger partial charge in [-0.15, -0.1) is 9.94 Å². The van der Waals surface area contributed by atoms with Crippen LogP contribution in [0.25, 0.3) is 11.1 Å². The van der Waals surface area contributed by atoms with Crippen molar-refractivity contribution >= 4 is 11.6 Å². The number of hydrogen-bond donors (Lipinski definition) is 2. The lowest BCUT2D eigenvalue weighted by atomic mass is 10.1. The smallest absolute Gasteiger partial charge is 0.255 e. The number of nitrogens with two attached hydrogens (primary N) is 1. The molecule has 1 aliphatic rings. The minimum absolute atomic E-state index is 0.182. The molecule has 1 amide bonds. The van der Waals surface area contributed by atoms with Gasteiger partial charge in [0, 0.05) is 37.1 Å². The minimum Gasteiger partial charge on any atom is -0.395 e. The molecule has 9 nitrogen and oxygen atoms in total. The van der Waals surface area contributed by atoms with Gasteiger partial charge in [0.05, 0.1) is 29.8 Å². The highest BCUT2D eigenvalue weighted by Gasteiger charge is 2.19. The van der Waals surface area contributed by atoms with Crippen LogP contribution >= 0.6 is 0 Å². The van der Waals surface area contributed by atoms with E-state index in [4.69, 9.17) is 15.3 Å². The van der Waals surface area contributed by atoms with E-state index >= 15 is 0 Å². The number of hydrogen-bond acceptors (Lipinski definition) is 6. The van der Waals surface area contributed by atoms with Crippen LogP contribution in [0.15, 0.2) is 42.9 Å².